The zero-order valence-electron chi connectivity index (χ0n) is 17.9. The number of piperidine rings is 2. The van der Waals surface area contributed by atoms with Crippen LogP contribution in [0.1, 0.15) is 37.7 Å². The molecule has 3 rings (SSSR count). The maximum Gasteiger partial charge on any atom is 0.191 e. The van der Waals surface area contributed by atoms with Gasteiger partial charge >= 0.3 is 0 Å². The fourth-order valence-electron chi connectivity index (χ4n) is 4.49. The molecule has 2 aliphatic rings. The summed E-state index contributed by atoms with van der Waals surface area (Å²) >= 11 is 6.27. The lowest BCUT2D eigenvalue weighted by molar-refractivity contribution is 0.0173. The van der Waals surface area contributed by atoms with Gasteiger partial charge in [0.25, 0.3) is 0 Å². The van der Waals surface area contributed by atoms with Gasteiger partial charge in [0, 0.05) is 30.7 Å². The number of hydrogen-bond acceptors (Lipinski definition) is 3. The summed E-state index contributed by atoms with van der Waals surface area (Å²) in [5, 5.41) is 7.94. The summed E-state index contributed by atoms with van der Waals surface area (Å²) in [7, 11) is 4.09. The Bertz CT molecular complexity index is 640. The Hall–Kier alpha value is -0.570. The molecule has 164 valence electrons. The number of nitrogens with zero attached hydrogens (tertiary/aromatic N) is 3. The smallest absolute Gasteiger partial charge is 0.191 e. The lowest BCUT2D eigenvalue weighted by Gasteiger charge is -2.50. The molecule has 0 saturated carbocycles. The molecule has 0 amide bonds. The second-order valence-electron chi connectivity index (χ2n) is 8.27. The molecule has 1 aromatic rings. The van der Waals surface area contributed by atoms with Crippen molar-refractivity contribution >= 4 is 41.5 Å². The number of benzene rings is 1. The van der Waals surface area contributed by atoms with Gasteiger partial charge in [0.1, 0.15) is 0 Å². The van der Waals surface area contributed by atoms with E-state index in [2.05, 4.69) is 38.5 Å². The first-order chi connectivity index (χ1) is 13.6. The summed E-state index contributed by atoms with van der Waals surface area (Å²) in [6.07, 6.45) is 7.40. The minimum atomic E-state index is 0. The number of aliphatic imine (C=N–C) groups is 1. The largest absolute Gasteiger partial charge is 0.356 e. The van der Waals surface area contributed by atoms with Gasteiger partial charge in [-0.2, -0.15) is 0 Å². The van der Waals surface area contributed by atoms with Gasteiger partial charge in [0.2, 0.25) is 0 Å². The van der Waals surface area contributed by atoms with Gasteiger partial charge in [0.05, 0.1) is 0 Å². The number of nitrogens with one attached hydrogen (secondary N) is 2. The minimum absolute atomic E-state index is 0. The Balaban J connectivity index is 0.00000300. The van der Waals surface area contributed by atoms with Crippen LogP contribution in [0, 0.1) is 0 Å². The average Bonchev–Trinajstić information content (AvgIpc) is 2.74. The van der Waals surface area contributed by atoms with E-state index in [1.54, 1.807) is 0 Å². The molecule has 0 radical (unpaired) electrons. The molecule has 5 nitrogen and oxygen atoms in total. The van der Waals surface area contributed by atoms with Gasteiger partial charge < -0.3 is 15.5 Å². The van der Waals surface area contributed by atoms with Gasteiger partial charge in [-0.15, -0.1) is 24.0 Å². The van der Waals surface area contributed by atoms with Crippen molar-refractivity contribution in [3.05, 3.63) is 34.9 Å². The zero-order chi connectivity index (χ0) is 19.8. The van der Waals surface area contributed by atoms with E-state index < -0.39 is 0 Å². The van der Waals surface area contributed by atoms with Crippen molar-refractivity contribution in [2.75, 3.05) is 53.4 Å². The SMILES string of the molecule is CN=C(NCCc1ccccc1Cl)NCC1(N2CCCCC2)CCN(C)CC1.I. The van der Waals surface area contributed by atoms with Gasteiger partial charge in [0.15, 0.2) is 5.96 Å². The Morgan fingerprint density at radius 2 is 1.76 bits per heavy atom. The summed E-state index contributed by atoms with van der Waals surface area (Å²) in [5.74, 6) is 0.891. The second-order valence-corrected chi connectivity index (χ2v) is 8.68. The molecular weight excluding hydrogens is 497 g/mol. The molecular formula is C22H37ClIN5. The quantitative estimate of drug-likeness (QED) is 0.333. The first-order valence-electron chi connectivity index (χ1n) is 10.7. The molecule has 2 heterocycles. The fourth-order valence-corrected chi connectivity index (χ4v) is 4.72. The number of likely N-dealkylation sites (tertiary alicyclic amines) is 2. The Labute approximate surface area is 198 Å². The van der Waals surface area contributed by atoms with Crippen LogP contribution in [0.2, 0.25) is 5.02 Å². The van der Waals surface area contributed by atoms with Crippen molar-refractivity contribution in [3.8, 4) is 0 Å². The third-order valence-electron chi connectivity index (χ3n) is 6.40. The molecule has 29 heavy (non-hydrogen) atoms. The maximum atomic E-state index is 6.27. The Morgan fingerprint density at radius 1 is 1.07 bits per heavy atom. The Kier molecular flexibility index (Phi) is 10.5. The summed E-state index contributed by atoms with van der Waals surface area (Å²) in [4.78, 5) is 9.66. The van der Waals surface area contributed by atoms with Gasteiger partial charge in [-0.1, -0.05) is 36.2 Å². The highest BCUT2D eigenvalue weighted by molar-refractivity contribution is 14.0. The monoisotopic (exact) mass is 533 g/mol. The molecule has 0 bridgehead atoms. The van der Waals surface area contributed by atoms with Gasteiger partial charge in [-0.25, -0.2) is 0 Å². The first kappa shape index (κ1) is 24.7. The van der Waals surface area contributed by atoms with Crippen molar-refractivity contribution in [2.24, 2.45) is 4.99 Å². The molecule has 2 N–H and O–H groups in total. The van der Waals surface area contributed by atoms with E-state index in [1.165, 1.54) is 63.8 Å². The van der Waals surface area contributed by atoms with Crippen LogP contribution in [0.3, 0.4) is 0 Å². The standard InChI is InChI=1S/C22H36ClN5.HI/c1-24-21(25-13-10-19-8-4-5-9-20(19)23)26-18-22(11-16-27(2)17-12-22)28-14-6-3-7-15-28;/h4-5,8-9H,3,6-7,10-18H2,1-2H3,(H2,24,25,26);1H. The first-order valence-corrected chi connectivity index (χ1v) is 11.1. The highest BCUT2D eigenvalue weighted by Crippen LogP contribution is 2.30. The van der Waals surface area contributed by atoms with Crippen LogP contribution >= 0.6 is 35.6 Å². The topological polar surface area (TPSA) is 42.9 Å². The number of halogens is 2. The zero-order valence-corrected chi connectivity index (χ0v) is 21.0. The van der Waals surface area contributed by atoms with Crippen molar-refractivity contribution in [1.29, 1.82) is 0 Å². The highest BCUT2D eigenvalue weighted by Gasteiger charge is 2.39. The van der Waals surface area contributed by atoms with E-state index in [9.17, 15) is 0 Å². The fraction of sp³-hybridized carbons (Fsp3) is 0.682. The van der Waals surface area contributed by atoms with E-state index in [1.807, 2.05) is 25.2 Å². The molecule has 0 aliphatic carbocycles. The van der Waals surface area contributed by atoms with Crippen LogP contribution < -0.4 is 10.6 Å². The third-order valence-corrected chi connectivity index (χ3v) is 6.77. The molecule has 0 aromatic heterocycles. The summed E-state index contributed by atoms with van der Waals surface area (Å²) < 4.78 is 0. The molecule has 2 fully saturated rings. The van der Waals surface area contributed by atoms with Crippen LogP contribution in [-0.2, 0) is 6.42 Å². The summed E-state index contributed by atoms with van der Waals surface area (Å²) in [5.41, 5.74) is 1.43. The molecule has 2 saturated heterocycles. The lowest BCUT2D eigenvalue weighted by Crippen LogP contribution is -2.62. The normalized spacial score (nSPS) is 20.7. The van der Waals surface area contributed by atoms with Crippen molar-refractivity contribution in [1.82, 2.24) is 20.4 Å². The third kappa shape index (κ3) is 6.97. The number of guanidine groups is 1. The lowest BCUT2D eigenvalue weighted by atomic mass is 9.84. The summed E-state index contributed by atoms with van der Waals surface area (Å²) in [6.45, 7) is 6.62. The van der Waals surface area contributed by atoms with Gasteiger partial charge in [-0.3, -0.25) is 9.89 Å². The van der Waals surface area contributed by atoms with Gasteiger partial charge in [-0.05, 0) is 77.0 Å². The molecule has 0 atom stereocenters. The highest BCUT2D eigenvalue weighted by atomic mass is 127. The van der Waals surface area contributed by atoms with Crippen LogP contribution in [-0.4, -0.2) is 74.7 Å². The predicted molar refractivity (Wildman–Crippen MR) is 135 cm³/mol. The van der Waals surface area contributed by atoms with E-state index in [-0.39, 0.29) is 29.5 Å². The number of rotatable bonds is 6. The molecule has 7 heteroatoms. The average molecular weight is 534 g/mol. The molecule has 0 spiro atoms. The van der Waals surface area contributed by atoms with Crippen molar-refractivity contribution < 1.29 is 0 Å². The van der Waals surface area contributed by atoms with E-state index in [0.29, 0.717) is 0 Å². The van der Waals surface area contributed by atoms with E-state index in [0.717, 1.165) is 30.5 Å². The number of hydrogen-bond donors (Lipinski definition) is 2. The van der Waals surface area contributed by atoms with E-state index >= 15 is 0 Å². The molecule has 2 aliphatic heterocycles. The minimum Gasteiger partial charge on any atom is -0.356 e. The van der Waals surface area contributed by atoms with E-state index in [4.69, 9.17) is 11.6 Å². The van der Waals surface area contributed by atoms with Crippen molar-refractivity contribution in [2.45, 2.75) is 44.1 Å². The molecule has 1 aromatic carbocycles. The molecule has 0 unspecified atom stereocenters. The van der Waals surface area contributed by atoms with Crippen LogP contribution in [0.15, 0.2) is 29.3 Å². The van der Waals surface area contributed by atoms with Crippen LogP contribution in [0.4, 0.5) is 0 Å². The summed E-state index contributed by atoms with van der Waals surface area (Å²) in [6, 6.07) is 8.05. The Morgan fingerprint density at radius 3 is 2.41 bits per heavy atom. The maximum absolute atomic E-state index is 6.27. The predicted octanol–water partition coefficient (Wildman–Crippen LogP) is 3.62. The van der Waals surface area contributed by atoms with Crippen LogP contribution in [0.5, 0.6) is 0 Å². The second kappa shape index (κ2) is 12.3. The van der Waals surface area contributed by atoms with Crippen LogP contribution in [0.25, 0.3) is 0 Å². The van der Waals surface area contributed by atoms with Crippen molar-refractivity contribution in [3.63, 3.8) is 0 Å².